The summed E-state index contributed by atoms with van der Waals surface area (Å²) in [6, 6.07) is 3.53. The van der Waals surface area contributed by atoms with Gasteiger partial charge in [-0.2, -0.15) is 0 Å². The molecule has 24 heavy (non-hydrogen) atoms. The third kappa shape index (κ3) is 3.81. The van der Waals surface area contributed by atoms with Gasteiger partial charge in [-0.25, -0.2) is 8.42 Å². The average Bonchev–Trinajstić information content (AvgIpc) is 3.25. The summed E-state index contributed by atoms with van der Waals surface area (Å²) in [6.45, 7) is 1.75. The normalized spacial score (nSPS) is 20.8. The number of thioether (sulfide) groups is 1. The van der Waals surface area contributed by atoms with Crippen LogP contribution < -0.4 is 0 Å². The summed E-state index contributed by atoms with van der Waals surface area (Å²) >= 11 is 2.68. The molecule has 2 aromatic rings. The maximum Gasteiger partial charge on any atom is 0.277 e. The molecule has 130 valence electrons. The molecule has 0 N–H and O–H groups in total. The Kier molecular flexibility index (Phi) is 4.97. The van der Waals surface area contributed by atoms with E-state index in [1.807, 2.05) is 17.5 Å². The first-order valence-corrected chi connectivity index (χ1v) is 10.9. The summed E-state index contributed by atoms with van der Waals surface area (Å²) in [5.74, 6) is 0.473. The lowest BCUT2D eigenvalue weighted by molar-refractivity contribution is -0.130. The lowest BCUT2D eigenvalue weighted by atomic mass is 10.2. The summed E-state index contributed by atoms with van der Waals surface area (Å²) in [7, 11) is -1.37. The van der Waals surface area contributed by atoms with Gasteiger partial charge in [0.1, 0.15) is 0 Å². The van der Waals surface area contributed by atoms with E-state index < -0.39 is 15.1 Å². The quantitative estimate of drug-likeness (QED) is 0.724. The van der Waals surface area contributed by atoms with E-state index in [1.165, 1.54) is 28.0 Å². The number of sulfone groups is 1. The van der Waals surface area contributed by atoms with Crippen molar-refractivity contribution in [1.29, 1.82) is 0 Å². The summed E-state index contributed by atoms with van der Waals surface area (Å²) in [5, 5.41) is 9.75. The van der Waals surface area contributed by atoms with Gasteiger partial charge >= 0.3 is 0 Å². The highest BCUT2D eigenvalue weighted by Gasteiger charge is 2.34. The molecule has 2 atom stereocenters. The maximum atomic E-state index is 12.5. The van der Waals surface area contributed by atoms with Crippen molar-refractivity contribution >= 4 is 38.8 Å². The zero-order valence-electron chi connectivity index (χ0n) is 13.2. The number of nitrogens with zero attached hydrogens (tertiary/aromatic N) is 3. The zero-order valence-corrected chi connectivity index (χ0v) is 15.7. The minimum Gasteiger partial charge on any atom is -0.410 e. The van der Waals surface area contributed by atoms with E-state index >= 15 is 0 Å². The fourth-order valence-electron chi connectivity index (χ4n) is 2.51. The zero-order chi connectivity index (χ0) is 17.3. The SMILES string of the molecule is C[C@H](Sc1nnc(-c2cccs2)o1)C(=O)N(C)[C@@H]1CCS(=O)(=O)C1. The number of carbonyl (C=O) groups excluding carboxylic acids is 1. The van der Waals surface area contributed by atoms with E-state index in [0.29, 0.717) is 17.5 Å². The minimum absolute atomic E-state index is 0.0374. The van der Waals surface area contributed by atoms with Crippen LogP contribution in [-0.4, -0.2) is 59.3 Å². The number of carbonyl (C=O) groups is 1. The van der Waals surface area contributed by atoms with Crippen LogP contribution in [0.5, 0.6) is 0 Å². The van der Waals surface area contributed by atoms with E-state index in [4.69, 9.17) is 4.42 Å². The van der Waals surface area contributed by atoms with Crippen molar-refractivity contribution in [2.45, 2.75) is 29.9 Å². The van der Waals surface area contributed by atoms with E-state index in [1.54, 1.807) is 14.0 Å². The predicted molar refractivity (Wildman–Crippen MR) is 92.8 cm³/mol. The van der Waals surface area contributed by atoms with Crippen molar-refractivity contribution in [3.8, 4) is 10.8 Å². The molecular formula is C14H17N3O4S3. The summed E-state index contributed by atoms with van der Waals surface area (Å²) < 4.78 is 28.7. The summed E-state index contributed by atoms with van der Waals surface area (Å²) in [4.78, 5) is 14.9. The molecular weight excluding hydrogens is 370 g/mol. The van der Waals surface area contributed by atoms with Gasteiger partial charge in [0.25, 0.3) is 11.1 Å². The van der Waals surface area contributed by atoms with Gasteiger partial charge in [0.15, 0.2) is 9.84 Å². The van der Waals surface area contributed by atoms with Crippen LogP contribution >= 0.6 is 23.1 Å². The largest absolute Gasteiger partial charge is 0.410 e. The van der Waals surface area contributed by atoms with Gasteiger partial charge in [-0.1, -0.05) is 17.8 Å². The average molecular weight is 388 g/mol. The highest BCUT2D eigenvalue weighted by Crippen LogP contribution is 2.29. The molecule has 1 saturated heterocycles. The molecule has 0 aromatic carbocycles. The lowest BCUT2D eigenvalue weighted by Gasteiger charge is -2.25. The first kappa shape index (κ1) is 17.4. The molecule has 1 fully saturated rings. The molecule has 10 heteroatoms. The van der Waals surface area contributed by atoms with E-state index in [0.717, 1.165) is 4.88 Å². The van der Waals surface area contributed by atoms with Crippen molar-refractivity contribution in [3.63, 3.8) is 0 Å². The molecule has 2 aromatic heterocycles. The standard InChI is InChI=1S/C14H17N3O4S3/c1-9(13(18)17(2)10-5-7-24(19,20)8-10)23-14-16-15-12(21-14)11-4-3-6-22-11/h3-4,6,9-10H,5,7-8H2,1-2H3/t9-,10+/m0/s1. The first-order valence-electron chi connectivity index (χ1n) is 7.37. The molecule has 1 amide bonds. The number of thiophene rings is 1. The molecule has 3 rings (SSSR count). The third-order valence-corrected chi connectivity index (χ3v) is 7.40. The van der Waals surface area contributed by atoms with Gasteiger partial charge in [0.2, 0.25) is 5.91 Å². The minimum atomic E-state index is -3.02. The third-order valence-electron chi connectivity index (χ3n) is 3.87. The van der Waals surface area contributed by atoms with Crippen LogP contribution in [0.15, 0.2) is 27.2 Å². The number of amides is 1. The number of aromatic nitrogens is 2. The van der Waals surface area contributed by atoms with Gasteiger partial charge in [-0.05, 0) is 24.8 Å². The Hall–Kier alpha value is -1.39. The lowest BCUT2D eigenvalue weighted by Crippen LogP contribution is -2.41. The molecule has 7 nitrogen and oxygen atoms in total. The van der Waals surface area contributed by atoms with Gasteiger partial charge in [-0.15, -0.1) is 21.5 Å². The van der Waals surface area contributed by atoms with E-state index in [9.17, 15) is 13.2 Å². The Labute approximate surface area is 148 Å². The molecule has 1 aliphatic heterocycles. The van der Waals surface area contributed by atoms with Gasteiger partial charge < -0.3 is 9.32 Å². The molecule has 0 unspecified atom stereocenters. The smallest absolute Gasteiger partial charge is 0.277 e. The number of hydrogen-bond donors (Lipinski definition) is 0. The van der Waals surface area contributed by atoms with Crippen molar-refractivity contribution < 1.29 is 17.6 Å². The van der Waals surface area contributed by atoms with Crippen LogP contribution in [0.3, 0.4) is 0 Å². The van der Waals surface area contributed by atoms with Crippen molar-refractivity contribution in [2.24, 2.45) is 0 Å². The predicted octanol–water partition coefficient (Wildman–Crippen LogP) is 1.92. The monoisotopic (exact) mass is 387 g/mol. The van der Waals surface area contributed by atoms with Crippen LogP contribution in [0, 0.1) is 0 Å². The molecule has 0 saturated carbocycles. The fourth-order valence-corrected chi connectivity index (χ4v) is 5.71. The first-order chi connectivity index (χ1) is 11.4. The molecule has 3 heterocycles. The Morgan fingerprint density at radius 1 is 1.50 bits per heavy atom. The highest BCUT2D eigenvalue weighted by molar-refractivity contribution is 8.00. The second kappa shape index (κ2) is 6.85. The molecule has 0 aliphatic carbocycles. The van der Waals surface area contributed by atoms with Crippen LogP contribution in [0.4, 0.5) is 0 Å². The van der Waals surface area contributed by atoms with E-state index in [-0.39, 0.29) is 23.5 Å². The van der Waals surface area contributed by atoms with Crippen molar-refractivity contribution in [1.82, 2.24) is 15.1 Å². The van der Waals surface area contributed by atoms with Crippen LogP contribution in [0.2, 0.25) is 0 Å². The Balaban J connectivity index is 1.62. The second-order valence-electron chi connectivity index (χ2n) is 5.62. The number of rotatable bonds is 5. The highest BCUT2D eigenvalue weighted by atomic mass is 32.2. The maximum absolute atomic E-state index is 12.5. The van der Waals surface area contributed by atoms with Crippen LogP contribution in [-0.2, 0) is 14.6 Å². The summed E-state index contributed by atoms with van der Waals surface area (Å²) in [6.07, 6.45) is 0.491. The Bertz CT molecular complexity index is 816. The van der Waals surface area contributed by atoms with Gasteiger partial charge in [-0.3, -0.25) is 4.79 Å². The fraction of sp³-hybridized carbons (Fsp3) is 0.500. The van der Waals surface area contributed by atoms with Crippen LogP contribution in [0.25, 0.3) is 10.8 Å². The van der Waals surface area contributed by atoms with Gasteiger partial charge in [0.05, 0.1) is 21.6 Å². The molecule has 0 spiro atoms. The topological polar surface area (TPSA) is 93.4 Å². The molecule has 1 aliphatic rings. The Morgan fingerprint density at radius 2 is 2.29 bits per heavy atom. The van der Waals surface area contributed by atoms with Crippen LogP contribution in [0.1, 0.15) is 13.3 Å². The van der Waals surface area contributed by atoms with E-state index in [2.05, 4.69) is 10.2 Å². The van der Waals surface area contributed by atoms with Gasteiger partial charge in [0, 0.05) is 13.1 Å². The Morgan fingerprint density at radius 3 is 2.92 bits per heavy atom. The number of hydrogen-bond acceptors (Lipinski definition) is 8. The second-order valence-corrected chi connectivity index (χ2v) is 10.1. The molecule has 0 bridgehead atoms. The summed E-state index contributed by atoms with van der Waals surface area (Å²) in [5.41, 5.74) is 0. The van der Waals surface area contributed by atoms with Crippen molar-refractivity contribution in [2.75, 3.05) is 18.6 Å². The molecule has 0 radical (unpaired) electrons. The van der Waals surface area contributed by atoms with Crippen molar-refractivity contribution in [3.05, 3.63) is 17.5 Å².